The molecular formula is C14H19NO2S3. The van der Waals surface area contributed by atoms with Gasteiger partial charge in [0.25, 0.3) is 0 Å². The zero-order valence-corrected chi connectivity index (χ0v) is 14.2. The largest absolute Gasteiger partial charge is 0.214 e. The Morgan fingerprint density at radius 3 is 2.60 bits per heavy atom. The fraction of sp³-hybridized carbons (Fsp3) is 0.429. The van der Waals surface area contributed by atoms with Crippen LogP contribution in [0.25, 0.3) is 10.4 Å². The monoisotopic (exact) mass is 329 g/mol. The first-order chi connectivity index (χ1) is 9.40. The molecule has 0 saturated heterocycles. The van der Waals surface area contributed by atoms with E-state index >= 15 is 0 Å². The first kappa shape index (κ1) is 15.7. The number of hydrogen-bond donors (Lipinski definition) is 1. The molecule has 0 fully saturated rings. The molecule has 2 rings (SSSR count). The Kier molecular flexibility index (Phi) is 5.01. The lowest BCUT2D eigenvalue weighted by Crippen LogP contribution is -2.33. The van der Waals surface area contributed by atoms with Gasteiger partial charge in [0, 0.05) is 17.0 Å². The summed E-state index contributed by atoms with van der Waals surface area (Å²) in [4.78, 5) is 1.24. The summed E-state index contributed by atoms with van der Waals surface area (Å²) in [6.45, 7) is 5.86. The first-order valence-corrected chi connectivity index (χ1v) is 9.86. The molecule has 110 valence electrons. The lowest BCUT2D eigenvalue weighted by atomic mass is 10.0. The lowest BCUT2D eigenvalue weighted by molar-refractivity contribution is 0.566. The third kappa shape index (κ3) is 3.69. The average Bonchev–Trinajstić information content (AvgIpc) is 3.05. The smallest absolute Gasteiger partial charge is 0.213 e. The molecule has 0 aliphatic heterocycles. The third-order valence-electron chi connectivity index (χ3n) is 3.21. The van der Waals surface area contributed by atoms with Crippen LogP contribution in [0.5, 0.6) is 0 Å². The average molecular weight is 330 g/mol. The molecule has 1 N–H and O–H groups in total. The Balaban J connectivity index is 2.02. The Morgan fingerprint density at radius 2 is 2.00 bits per heavy atom. The van der Waals surface area contributed by atoms with Crippen LogP contribution in [-0.4, -0.2) is 20.2 Å². The van der Waals surface area contributed by atoms with Gasteiger partial charge < -0.3 is 0 Å². The second-order valence-electron chi connectivity index (χ2n) is 5.10. The standard InChI is InChI=1S/C14H19NO2S3/c1-10(2)20(16,17)15-7-11(3)13-6-14(19-9-13)12-4-5-18-8-12/h4-6,8-11,15H,7H2,1-3H3. The van der Waals surface area contributed by atoms with Crippen LogP contribution in [0.2, 0.25) is 0 Å². The maximum Gasteiger partial charge on any atom is 0.213 e. The fourth-order valence-corrected chi connectivity index (χ4v) is 4.27. The molecule has 0 amide bonds. The highest BCUT2D eigenvalue weighted by atomic mass is 32.2. The van der Waals surface area contributed by atoms with Gasteiger partial charge in [-0.05, 0) is 53.6 Å². The summed E-state index contributed by atoms with van der Waals surface area (Å²) in [5.41, 5.74) is 2.42. The zero-order valence-electron chi connectivity index (χ0n) is 11.8. The Hall–Kier alpha value is -0.690. The molecule has 0 saturated carbocycles. The van der Waals surface area contributed by atoms with Crippen LogP contribution in [-0.2, 0) is 10.0 Å². The molecule has 2 aromatic rings. The lowest BCUT2D eigenvalue weighted by Gasteiger charge is -2.13. The van der Waals surface area contributed by atoms with E-state index in [0.717, 1.165) is 0 Å². The van der Waals surface area contributed by atoms with Crippen LogP contribution in [0.3, 0.4) is 0 Å². The maximum atomic E-state index is 11.8. The summed E-state index contributed by atoms with van der Waals surface area (Å²) in [6.07, 6.45) is 0. The summed E-state index contributed by atoms with van der Waals surface area (Å²) in [5, 5.41) is 5.91. The van der Waals surface area contributed by atoms with Crippen molar-refractivity contribution in [3.63, 3.8) is 0 Å². The molecular weight excluding hydrogens is 310 g/mol. The van der Waals surface area contributed by atoms with Gasteiger partial charge in [-0.2, -0.15) is 11.3 Å². The van der Waals surface area contributed by atoms with Crippen molar-refractivity contribution in [3.8, 4) is 10.4 Å². The minimum absolute atomic E-state index is 0.173. The maximum absolute atomic E-state index is 11.8. The normalized spacial score (nSPS) is 13.8. The van der Waals surface area contributed by atoms with Gasteiger partial charge in [0.05, 0.1) is 5.25 Å². The minimum atomic E-state index is -3.18. The van der Waals surface area contributed by atoms with Crippen molar-refractivity contribution in [3.05, 3.63) is 33.8 Å². The van der Waals surface area contributed by atoms with E-state index in [0.29, 0.717) is 6.54 Å². The summed E-state index contributed by atoms with van der Waals surface area (Å²) >= 11 is 3.39. The first-order valence-electron chi connectivity index (χ1n) is 6.49. The van der Waals surface area contributed by atoms with Gasteiger partial charge in [0.1, 0.15) is 0 Å². The van der Waals surface area contributed by atoms with E-state index < -0.39 is 15.3 Å². The van der Waals surface area contributed by atoms with Crippen LogP contribution in [0.15, 0.2) is 28.3 Å². The van der Waals surface area contributed by atoms with Crippen LogP contribution in [0.4, 0.5) is 0 Å². The molecule has 20 heavy (non-hydrogen) atoms. The Morgan fingerprint density at radius 1 is 1.25 bits per heavy atom. The van der Waals surface area contributed by atoms with Crippen molar-refractivity contribution in [1.82, 2.24) is 4.72 Å². The highest BCUT2D eigenvalue weighted by Crippen LogP contribution is 2.31. The van der Waals surface area contributed by atoms with Gasteiger partial charge >= 0.3 is 0 Å². The minimum Gasteiger partial charge on any atom is -0.214 e. The van der Waals surface area contributed by atoms with E-state index in [1.807, 2.05) is 6.92 Å². The van der Waals surface area contributed by atoms with Crippen molar-refractivity contribution >= 4 is 32.7 Å². The summed E-state index contributed by atoms with van der Waals surface area (Å²) in [7, 11) is -3.18. The molecule has 0 radical (unpaired) electrons. The van der Waals surface area contributed by atoms with E-state index in [1.165, 1.54) is 16.0 Å². The zero-order chi connectivity index (χ0) is 14.8. The van der Waals surface area contributed by atoms with Crippen LogP contribution in [0, 0.1) is 0 Å². The van der Waals surface area contributed by atoms with E-state index in [9.17, 15) is 8.42 Å². The van der Waals surface area contributed by atoms with Gasteiger partial charge in [-0.25, -0.2) is 13.1 Å². The predicted octanol–water partition coefficient (Wildman–Crippen LogP) is 3.91. The molecule has 0 spiro atoms. The molecule has 1 atom stereocenters. The van der Waals surface area contributed by atoms with Gasteiger partial charge in [-0.15, -0.1) is 11.3 Å². The molecule has 6 heteroatoms. The van der Waals surface area contributed by atoms with E-state index in [1.54, 1.807) is 36.5 Å². The second kappa shape index (κ2) is 6.39. The van der Waals surface area contributed by atoms with Crippen LogP contribution in [0.1, 0.15) is 32.3 Å². The van der Waals surface area contributed by atoms with Gasteiger partial charge in [-0.3, -0.25) is 0 Å². The van der Waals surface area contributed by atoms with Crippen LogP contribution >= 0.6 is 22.7 Å². The Labute approximate surface area is 128 Å². The van der Waals surface area contributed by atoms with Crippen molar-refractivity contribution < 1.29 is 8.42 Å². The molecule has 1 unspecified atom stereocenters. The van der Waals surface area contributed by atoms with Crippen LogP contribution < -0.4 is 4.72 Å². The number of thiophene rings is 2. The fourth-order valence-electron chi connectivity index (χ4n) is 1.69. The summed E-state index contributed by atoms with van der Waals surface area (Å²) in [5.74, 6) is 0.173. The van der Waals surface area contributed by atoms with Gasteiger partial charge in [0.2, 0.25) is 10.0 Å². The molecule has 2 aromatic heterocycles. The highest BCUT2D eigenvalue weighted by Gasteiger charge is 2.17. The summed E-state index contributed by atoms with van der Waals surface area (Å²) in [6, 6.07) is 4.26. The topological polar surface area (TPSA) is 46.2 Å². The molecule has 0 aromatic carbocycles. The van der Waals surface area contributed by atoms with Gasteiger partial charge in [-0.1, -0.05) is 6.92 Å². The predicted molar refractivity (Wildman–Crippen MR) is 88.1 cm³/mol. The number of nitrogens with one attached hydrogen (secondary N) is 1. The van der Waals surface area contributed by atoms with E-state index in [-0.39, 0.29) is 5.92 Å². The van der Waals surface area contributed by atoms with Gasteiger partial charge in [0.15, 0.2) is 0 Å². The van der Waals surface area contributed by atoms with Crippen molar-refractivity contribution in [2.24, 2.45) is 0 Å². The number of rotatable bonds is 6. The third-order valence-corrected chi connectivity index (χ3v) is 6.70. The molecule has 0 bridgehead atoms. The van der Waals surface area contributed by atoms with Crippen molar-refractivity contribution in [2.75, 3.05) is 6.54 Å². The number of hydrogen-bond acceptors (Lipinski definition) is 4. The molecule has 3 nitrogen and oxygen atoms in total. The number of sulfonamides is 1. The molecule has 0 aliphatic rings. The second-order valence-corrected chi connectivity index (χ2v) is 9.11. The molecule has 0 aliphatic carbocycles. The molecule has 2 heterocycles. The highest BCUT2D eigenvalue weighted by molar-refractivity contribution is 7.90. The van der Waals surface area contributed by atoms with E-state index in [2.05, 4.69) is 33.0 Å². The van der Waals surface area contributed by atoms with Crippen molar-refractivity contribution in [2.45, 2.75) is 31.9 Å². The van der Waals surface area contributed by atoms with E-state index in [4.69, 9.17) is 0 Å². The summed E-state index contributed by atoms with van der Waals surface area (Å²) < 4.78 is 26.2. The Bertz CT molecular complexity index is 642. The quantitative estimate of drug-likeness (QED) is 0.873. The van der Waals surface area contributed by atoms with Crippen molar-refractivity contribution in [1.29, 1.82) is 0 Å². The SMILES string of the molecule is CC(CNS(=O)(=O)C(C)C)c1csc(-c2ccsc2)c1.